The summed E-state index contributed by atoms with van der Waals surface area (Å²) >= 11 is 0. The summed E-state index contributed by atoms with van der Waals surface area (Å²) in [6, 6.07) is 0. The van der Waals surface area contributed by atoms with Gasteiger partial charge in [0.05, 0.1) is 0 Å². The lowest BCUT2D eigenvalue weighted by atomic mass is 10.1. The Labute approximate surface area is 87.4 Å². The number of carbonyl (C=O) groups excluding carboxylic acids is 1. The zero-order valence-electron chi connectivity index (χ0n) is 9.51. The van der Waals surface area contributed by atoms with Gasteiger partial charge in [-0.25, -0.2) is 0 Å². The predicted octanol–water partition coefficient (Wildman–Crippen LogP) is 1.67. The molecule has 1 atom stereocenters. The first-order valence-corrected chi connectivity index (χ1v) is 5.67. The summed E-state index contributed by atoms with van der Waals surface area (Å²) in [5.41, 5.74) is 5.47. The summed E-state index contributed by atoms with van der Waals surface area (Å²) in [5.74, 6) is 0.623. The largest absolute Gasteiger partial charge is 0.356 e. The van der Waals surface area contributed by atoms with Crippen LogP contribution >= 0.6 is 0 Å². The molecule has 0 saturated heterocycles. The van der Waals surface area contributed by atoms with Gasteiger partial charge in [0, 0.05) is 13.0 Å². The lowest BCUT2D eigenvalue weighted by Gasteiger charge is -2.08. The standard InChI is InChI=1S/C11H24N2O/c1-3-4-5-8-13-11(14)7-6-10(2)9-12/h10H,3-9,12H2,1-2H3,(H,13,14). The molecule has 0 aliphatic carbocycles. The van der Waals surface area contributed by atoms with Crippen molar-refractivity contribution in [2.75, 3.05) is 13.1 Å². The fourth-order valence-electron chi connectivity index (χ4n) is 1.19. The second kappa shape index (κ2) is 9.00. The Hall–Kier alpha value is -0.570. The molecule has 0 aromatic rings. The molecule has 0 aliphatic heterocycles. The second-order valence-electron chi connectivity index (χ2n) is 3.94. The Morgan fingerprint density at radius 1 is 1.43 bits per heavy atom. The molecule has 0 bridgehead atoms. The molecule has 3 nitrogen and oxygen atoms in total. The van der Waals surface area contributed by atoms with Gasteiger partial charge in [0.25, 0.3) is 0 Å². The summed E-state index contributed by atoms with van der Waals surface area (Å²) in [5, 5.41) is 2.92. The molecule has 3 heteroatoms. The van der Waals surface area contributed by atoms with E-state index in [0.717, 1.165) is 19.4 Å². The highest BCUT2D eigenvalue weighted by Gasteiger charge is 2.04. The van der Waals surface area contributed by atoms with Gasteiger partial charge in [-0.05, 0) is 25.3 Å². The van der Waals surface area contributed by atoms with E-state index in [1.165, 1.54) is 12.8 Å². The summed E-state index contributed by atoms with van der Waals surface area (Å²) < 4.78 is 0. The maximum absolute atomic E-state index is 11.3. The molecule has 3 N–H and O–H groups in total. The molecule has 0 fully saturated rings. The molecule has 0 rings (SSSR count). The van der Waals surface area contributed by atoms with Gasteiger partial charge in [0.15, 0.2) is 0 Å². The van der Waals surface area contributed by atoms with Crippen LogP contribution in [0.5, 0.6) is 0 Å². The number of hydrogen-bond donors (Lipinski definition) is 2. The predicted molar refractivity (Wildman–Crippen MR) is 60.0 cm³/mol. The third-order valence-corrected chi connectivity index (χ3v) is 2.37. The van der Waals surface area contributed by atoms with E-state index in [4.69, 9.17) is 5.73 Å². The van der Waals surface area contributed by atoms with Crippen molar-refractivity contribution in [2.24, 2.45) is 11.7 Å². The highest BCUT2D eigenvalue weighted by atomic mass is 16.1. The van der Waals surface area contributed by atoms with Gasteiger partial charge in [-0.3, -0.25) is 4.79 Å². The van der Waals surface area contributed by atoms with E-state index in [9.17, 15) is 4.79 Å². The molecule has 0 spiro atoms. The van der Waals surface area contributed by atoms with E-state index in [1.54, 1.807) is 0 Å². The van der Waals surface area contributed by atoms with Crippen LogP contribution in [-0.2, 0) is 4.79 Å². The van der Waals surface area contributed by atoms with Crippen LogP contribution in [0, 0.1) is 5.92 Å². The van der Waals surface area contributed by atoms with E-state index >= 15 is 0 Å². The molecule has 0 aromatic carbocycles. The lowest BCUT2D eigenvalue weighted by Crippen LogP contribution is -2.25. The van der Waals surface area contributed by atoms with Crippen LogP contribution < -0.4 is 11.1 Å². The first kappa shape index (κ1) is 13.4. The Kier molecular flexibility index (Phi) is 8.64. The lowest BCUT2D eigenvalue weighted by molar-refractivity contribution is -0.121. The second-order valence-corrected chi connectivity index (χ2v) is 3.94. The van der Waals surface area contributed by atoms with E-state index in [-0.39, 0.29) is 5.91 Å². The summed E-state index contributed by atoms with van der Waals surface area (Å²) in [7, 11) is 0. The van der Waals surface area contributed by atoms with E-state index in [2.05, 4.69) is 19.2 Å². The van der Waals surface area contributed by atoms with Crippen LogP contribution in [0.25, 0.3) is 0 Å². The average Bonchev–Trinajstić information content (AvgIpc) is 2.21. The monoisotopic (exact) mass is 200 g/mol. The summed E-state index contributed by atoms with van der Waals surface area (Å²) in [6.45, 7) is 5.72. The van der Waals surface area contributed by atoms with E-state index in [1.807, 2.05) is 0 Å². The van der Waals surface area contributed by atoms with Gasteiger partial charge < -0.3 is 11.1 Å². The van der Waals surface area contributed by atoms with Crippen LogP contribution in [-0.4, -0.2) is 19.0 Å². The van der Waals surface area contributed by atoms with Crippen molar-refractivity contribution in [1.29, 1.82) is 0 Å². The van der Waals surface area contributed by atoms with Gasteiger partial charge in [-0.1, -0.05) is 26.7 Å². The van der Waals surface area contributed by atoms with Gasteiger partial charge >= 0.3 is 0 Å². The zero-order valence-corrected chi connectivity index (χ0v) is 9.51. The highest BCUT2D eigenvalue weighted by molar-refractivity contribution is 5.75. The number of rotatable bonds is 8. The number of carbonyl (C=O) groups is 1. The van der Waals surface area contributed by atoms with Crippen molar-refractivity contribution in [3.8, 4) is 0 Å². The van der Waals surface area contributed by atoms with Crippen molar-refractivity contribution < 1.29 is 4.79 Å². The fraction of sp³-hybridized carbons (Fsp3) is 0.909. The first-order valence-electron chi connectivity index (χ1n) is 5.67. The van der Waals surface area contributed by atoms with Crippen LogP contribution in [0.3, 0.4) is 0 Å². The normalized spacial score (nSPS) is 12.5. The molecule has 1 unspecified atom stereocenters. The fourth-order valence-corrected chi connectivity index (χ4v) is 1.19. The minimum Gasteiger partial charge on any atom is -0.356 e. The molecule has 0 radical (unpaired) electrons. The van der Waals surface area contributed by atoms with E-state index < -0.39 is 0 Å². The molecule has 0 heterocycles. The number of unbranched alkanes of at least 4 members (excludes halogenated alkanes) is 2. The number of hydrogen-bond acceptors (Lipinski definition) is 2. The van der Waals surface area contributed by atoms with Crippen molar-refractivity contribution in [3.05, 3.63) is 0 Å². The van der Waals surface area contributed by atoms with Crippen molar-refractivity contribution in [1.82, 2.24) is 5.32 Å². The van der Waals surface area contributed by atoms with Gasteiger partial charge in [-0.15, -0.1) is 0 Å². The maximum Gasteiger partial charge on any atom is 0.220 e. The molecule has 14 heavy (non-hydrogen) atoms. The van der Waals surface area contributed by atoms with Gasteiger partial charge in [0.2, 0.25) is 5.91 Å². The van der Waals surface area contributed by atoms with Gasteiger partial charge in [-0.2, -0.15) is 0 Å². The zero-order chi connectivity index (χ0) is 10.8. The summed E-state index contributed by atoms with van der Waals surface area (Å²) in [4.78, 5) is 11.3. The minimum atomic E-state index is 0.168. The Bertz CT molecular complexity index is 148. The van der Waals surface area contributed by atoms with Crippen LogP contribution in [0.4, 0.5) is 0 Å². The van der Waals surface area contributed by atoms with Crippen LogP contribution in [0.1, 0.15) is 46.0 Å². The molecular weight excluding hydrogens is 176 g/mol. The molecule has 1 amide bonds. The molecular formula is C11H24N2O. The third-order valence-electron chi connectivity index (χ3n) is 2.37. The highest BCUT2D eigenvalue weighted by Crippen LogP contribution is 2.02. The number of nitrogens with two attached hydrogens (primary N) is 1. The Morgan fingerprint density at radius 3 is 2.71 bits per heavy atom. The Balaban J connectivity index is 3.28. The molecule has 84 valence electrons. The van der Waals surface area contributed by atoms with Crippen molar-refractivity contribution in [3.63, 3.8) is 0 Å². The SMILES string of the molecule is CCCCCNC(=O)CCC(C)CN. The molecule has 0 aromatic heterocycles. The first-order chi connectivity index (χ1) is 6.70. The average molecular weight is 200 g/mol. The number of amides is 1. The summed E-state index contributed by atoms with van der Waals surface area (Å²) in [6.07, 6.45) is 4.99. The van der Waals surface area contributed by atoms with Crippen LogP contribution in [0.2, 0.25) is 0 Å². The number of nitrogens with one attached hydrogen (secondary N) is 1. The smallest absolute Gasteiger partial charge is 0.220 e. The maximum atomic E-state index is 11.3. The topological polar surface area (TPSA) is 55.1 Å². The van der Waals surface area contributed by atoms with Gasteiger partial charge in [0.1, 0.15) is 0 Å². The van der Waals surface area contributed by atoms with Crippen molar-refractivity contribution >= 4 is 5.91 Å². The third kappa shape index (κ3) is 8.05. The van der Waals surface area contributed by atoms with Crippen LogP contribution in [0.15, 0.2) is 0 Å². The van der Waals surface area contributed by atoms with E-state index in [0.29, 0.717) is 18.9 Å². The quantitative estimate of drug-likeness (QED) is 0.586. The minimum absolute atomic E-state index is 0.168. The van der Waals surface area contributed by atoms with Crippen molar-refractivity contribution in [2.45, 2.75) is 46.0 Å². The molecule has 0 saturated carbocycles. The molecule has 0 aliphatic rings. The Morgan fingerprint density at radius 2 is 2.14 bits per heavy atom.